The first-order chi connectivity index (χ1) is 12.2. The fraction of sp³-hybridized carbons (Fsp3) is 0.412. The molecule has 0 radical (unpaired) electrons. The third-order valence-electron chi connectivity index (χ3n) is 4.41. The Morgan fingerprint density at radius 3 is 2.50 bits per heavy atom. The third-order valence-corrected chi connectivity index (χ3v) is 5.53. The Morgan fingerprint density at radius 2 is 2.00 bits per heavy atom. The second-order valence-corrected chi connectivity index (χ2v) is 8.32. The van der Waals surface area contributed by atoms with Gasteiger partial charge in [0.05, 0.1) is 6.10 Å². The summed E-state index contributed by atoms with van der Waals surface area (Å²) in [6.07, 6.45) is 1.83. The molecule has 2 N–H and O–H groups in total. The molecule has 1 aromatic carbocycles. The molecule has 2 aromatic rings. The molecule has 0 aliphatic carbocycles. The van der Waals surface area contributed by atoms with Crippen molar-refractivity contribution in [3.63, 3.8) is 0 Å². The molecule has 8 nitrogen and oxygen atoms in total. The quantitative estimate of drug-likeness (QED) is 0.725. The maximum absolute atomic E-state index is 12.8. The third kappa shape index (κ3) is 3.32. The number of H-pyrrole nitrogens is 2. The van der Waals surface area contributed by atoms with Gasteiger partial charge in [0.1, 0.15) is 22.8 Å². The molecule has 140 valence electrons. The van der Waals surface area contributed by atoms with Crippen molar-refractivity contribution in [1.29, 1.82) is 0 Å². The van der Waals surface area contributed by atoms with E-state index in [4.69, 9.17) is 9.47 Å². The molecule has 1 fully saturated rings. The van der Waals surface area contributed by atoms with E-state index >= 15 is 0 Å². The van der Waals surface area contributed by atoms with E-state index in [0.29, 0.717) is 17.9 Å². The monoisotopic (exact) mass is 380 g/mol. The largest absolute Gasteiger partial charge is 0.489 e. The van der Waals surface area contributed by atoms with Gasteiger partial charge in [-0.2, -0.15) is 0 Å². The summed E-state index contributed by atoms with van der Waals surface area (Å²) < 4.78 is 35.2. The number of ketones is 1. The summed E-state index contributed by atoms with van der Waals surface area (Å²) in [7, 11) is -3.56. The zero-order chi connectivity index (χ0) is 19.1. The maximum Gasteiger partial charge on any atom is 0.275 e. The van der Waals surface area contributed by atoms with Crippen molar-refractivity contribution < 1.29 is 22.7 Å². The Balaban J connectivity index is 2.06. The van der Waals surface area contributed by atoms with E-state index in [2.05, 4.69) is 10.2 Å². The maximum atomic E-state index is 12.8. The first kappa shape index (κ1) is 18.4. The Labute approximate surface area is 150 Å². The van der Waals surface area contributed by atoms with Crippen molar-refractivity contribution in [2.45, 2.75) is 31.3 Å². The minimum Gasteiger partial charge on any atom is -0.489 e. The standard InChI is InChI=1S/C17H20N2O6S/c1-9-12(15(20)14-10(2)18-19-17(14)21)4-5-13(26(3,22)23)16(9)25-8-11-6-7-24-11/h4-5,11H,6-8H2,1-3H3,(H2,18,19,21). The van der Waals surface area contributed by atoms with Crippen molar-refractivity contribution in [3.8, 4) is 5.75 Å². The number of carbonyl (C=O) groups excluding carboxylic acids is 1. The van der Waals surface area contributed by atoms with Gasteiger partial charge in [0.2, 0.25) is 5.78 Å². The molecule has 1 atom stereocenters. The van der Waals surface area contributed by atoms with E-state index in [9.17, 15) is 18.0 Å². The summed E-state index contributed by atoms with van der Waals surface area (Å²) >= 11 is 0. The fourth-order valence-electron chi connectivity index (χ4n) is 2.83. The molecule has 3 rings (SSSR count). The van der Waals surface area contributed by atoms with Crippen LogP contribution < -0.4 is 10.3 Å². The zero-order valence-corrected chi connectivity index (χ0v) is 15.5. The van der Waals surface area contributed by atoms with Gasteiger partial charge in [-0.05, 0) is 26.0 Å². The molecular formula is C17H20N2O6S. The number of aromatic amines is 2. The Morgan fingerprint density at radius 1 is 1.31 bits per heavy atom. The lowest BCUT2D eigenvalue weighted by molar-refractivity contribution is -0.0725. The first-order valence-corrected chi connectivity index (χ1v) is 9.99. The van der Waals surface area contributed by atoms with E-state index in [1.165, 1.54) is 12.1 Å². The molecule has 1 aliphatic heterocycles. The zero-order valence-electron chi connectivity index (χ0n) is 14.7. The minimum atomic E-state index is -3.56. The van der Waals surface area contributed by atoms with Crippen LogP contribution in [0.5, 0.6) is 5.75 Å². The second kappa shape index (κ2) is 6.73. The van der Waals surface area contributed by atoms with Gasteiger partial charge in [-0.25, -0.2) is 8.42 Å². The number of rotatable bonds is 6. The van der Waals surface area contributed by atoms with E-state index in [1.54, 1.807) is 13.8 Å². The molecule has 1 unspecified atom stereocenters. The molecule has 1 aromatic heterocycles. The van der Waals surface area contributed by atoms with Crippen LogP contribution in [0, 0.1) is 13.8 Å². The summed E-state index contributed by atoms with van der Waals surface area (Å²) in [5, 5.41) is 4.98. The van der Waals surface area contributed by atoms with Gasteiger partial charge in [0.15, 0.2) is 9.84 Å². The topological polar surface area (TPSA) is 118 Å². The lowest BCUT2D eigenvalue weighted by Crippen LogP contribution is -2.33. The van der Waals surface area contributed by atoms with Gasteiger partial charge in [0, 0.05) is 36.1 Å². The number of aryl methyl sites for hydroxylation is 1. The van der Waals surface area contributed by atoms with Crippen molar-refractivity contribution in [2.24, 2.45) is 0 Å². The van der Waals surface area contributed by atoms with E-state index in [-0.39, 0.29) is 34.5 Å². The van der Waals surface area contributed by atoms with Gasteiger partial charge in [-0.3, -0.25) is 14.7 Å². The summed E-state index contributed by atoms with van der Waals surface area (Å²) in [6.45, 7) is 4.07. The Hall–Kier alpha value is -2.39. The number of benzene rings is 1. The van der Waals surface area contributed by atoms with Crippen molar-refractivity contribution >= 4 is 15.6 Å². The predicted molar refractivity (Wildman–Crippen MR) is 93.7 cm³/mol. The molecule has 0 bridgehead atoms. The normalized spacial score (nSPS) is 17.0. The Bertz CT molecular complexity index is 1010. The average Bonchev–Trinajstić information content (AvgIpc) is 2.84. The van der Waals surface area contributed by atoms with Crippen LogP contribution in [0.4, 0.5) is 0 Å². The highest BCUT2D eigenvalue weighted by Gasteiger charge is 2.26. The van der Waals surface area contributed by atoms with Crippen LogP contribution in [-0.2, 0) is 14.6 Å². The molecule has 2 heterocycles. The van der Waals surface area contributed by atoms with E-state index in [1.807, 2.05) is 0 Å². The lowest BCUT2D eigenvalue weighted by Gasteiger charge is -2.27. The summed E-state index contributed by atoms with van der Waals surface area (Å²) in [5.41, 5.74) is 0.474. The molecule has 0 spiro atoms. The van der Waals surface area contributed by atoms with Crippen LogP contribution in [0.25, 0.3) is 0 Å². The summed E-state index contributed by atoms with van der Waals surface area (Å²) in [5.74, 6) is -0.370. The van der Waals surface area contributed by atoms with Crippen LogP contribution in [0.2, 0.25) is 0 Å². The summed E-state index contributed by atoms with van der Waals surface area (Å²) in [4.78, 5) is 24.7. The van der Waals surface area contributed by atoms with Gasteiger partial charge >= 0.3 is 0 Å². The number of nitrogens with one attached hydrogen (secondary N) is 2. The molecule has 0 saturated carbocycles. The number of aromatic nitrogens is 2. The van der Waals surface area contributed by atoms with Crippen molar-refractivity contribution in [2.75, 3.05) is 19.5 Å². The van der Waals surface area contributed by atoms with E-state index in [0.717, 1.165) is 12.7 Å². The molecular weight excluding hydrogens is 360 g/mol. The van der Waals surface area contributed by atoms with Gasteiger partial charge < -0.3 is 14.6 Å². The van der Waals surface area contributed by atoms with Crippen LogP contribution in [0.15, 0.2) is 21.8 Å². The predicted octanol–water partition coefficient (Wildman–Crippen LogP) is 1.12. The number of sulfone groups is 1. The summed E-state index contributed by atoms with van der Waals surface area (Å²) in [6, 6.07) is 2.75. The number of hydrogen-bond donors (Lipinski definition) is 2. The van der Waals surface area contributed by atoms with Crippen LogP contribution in [0.1, 0.15) is 33.6 Å². The van der Waals surface area contributed by atoms with E-state index < -0.39 is 21.2 Å². The molecule has 0 amide bonds. The number of carbonyl (C=O) groups is 1. The second-order valence-electron chi connectivity index (χ2n) is 6.34. The van der Waals surface area contributed by atoms with Crippen molar-refractivity contribution in [1.82, 2.24) is 10.2 Å². The van der Waals surface area contributed by atoms with Crippen LogP contribution >= 0.6 is 0 Å². The fourth-order valence-corrected chi connectivity index (χ4v) is 3.69. The first-order valence-electron chi connectivity index (χ1n) is 8.10. The highest BCUT2D eigenvalue weighted by molar-refractivity contribution is 7.90. The SMILES string of the molecule is Cc1[nH][nH]c(=O)c1C(=O)c1ccc(S(C)(=O)=O)c(OCC2CCO2)c1C. The number of ether oxygens (including phenoxy) is 2. The van der Waals surface area contributed by atoms with Crippen LogP contribution in [-0.4, -0.2) is 50.0 Å². The number of hydrogen-bond acceptors (Lipinski definition) is 6. The molecule has 1 aliphatic rings. The molecule has 1 saturated heterocycles. The van der Waals surface area contributed by atoms with Crippen molar-refractivity contribution in [3.05, 3.63) is 44.9 Å². The average molecular weight is 380 g/mol. The highest BCUT2D eigenvalue weighted by Crippen LogP contribution is 2.32. The van der Waals surface area contributed by atoms with Crippen LogP contribution in [0.3, 0.4) is 0 Å². The lowest BCUT2D eigenvalue weighted by atomic mass is 9.99. The minimum absolute atomic E-state index is 0.00516. The Kier molecular flexibility index (Phi) is 4.76. The highest BCUT2D eigenvalue weighted by atomic mass is 32.2. The molecule has 26 heavy (non-hydrogen) atoms. The smallest absolute Gasteiger partial charge is 0.275 e. The van der Waals surface area contributed by atoms with Gasteiger partial charge in [-0.15, -0.1) is 0 Å². The van der Waals surface area contributed by atoms with Gasteiger partial charge in [-0.1, -0.05) is 0 Å². The van der Waals surface area contributed by atoms with Gasteiger partial charge in [0.25, 0.3) is 5.56 Å². The molecule has 9 heteroatoms.